The van der Waals surface area contributed by atoms with E-state index >= 15 is 0 Å². The van der Waals surface area contributed by atoms with Crippen molar-refractivity contribution < 1.29 is 4.79 Å². The van der Waals surface area contributed by atoms with Crippen molar-refractivity contribution in [3.8, 4) is 0 Å². The first kappa shape index (κ1) is 12.4. The van der Waals surface area contributed by atoms with Crippen molar-refractivity contribution >= 4 is 22.9 Å². The van der Waals surface area contributed by atoms with Crippen LogP contribution in [0.4, 0.5) is 5.95 Å². The number of nitrogens with one attached hydrogen (secondary N) is 2. The van der Waals surface area contributed by atoms with Crippen molar-refractivity contribution in [2.45, 2.75) is 13.8 Å². The molecule has 20 heavy (non-hydrogen) atoms. The first-order valence-corrected chi connectivity index (χ1v) is 6.47. The van der Waals surface area contributed by atoms with E-state index in [1.807, 2.05) is 37.3 Å². The fourth-order valence-electron chi connectivity index (χ4n) is 2.10. The molecule has 0 aliphatic carbocycles. The van der Waals surface area contributed by atoms with Crippen molar-refractivity contribution in [1.29, 1.82) is 0 Å². The van der Waals surface area contributed by atoms with E-state index in [1.54, 1.807) is 12.1 Å². The Morgan fingerprint density at radius 2 is 1.80 bits per heavy atom. The number of H-pyrrole nitrogens is 1. The lowest BCUT2D eigenvalue weighted by Crippen LogP contribution is -2.12. The molecule has 0 fully saturated rings. The molecule has 3 aromatic rings. The van der Waals surface area contributed by atoms with Crippen LogP contribution < -0.4 is 5.32 Å². The second-order valence-electron chi connectivity index (χ2n) is 4.86. The second-order valence-corrected chi connectivity index (χ2v) is 4.86. The maximum atomic E-state index is 12.1. The molecule has 1 aromatic heterocycles. The van der Waals surface area contributed by atoms with Crippen LogP contribution in [0.5, 0.6) is 0 Å². The monoisotopic (exact) mass is 265 g/mol. The number of nitrogens with zero attached hydrogens (tertiary/aromatic N) is 1. The lowest BCUT2D eigenvalue weighted by Gasteiger charge is -2.00. The molecule has 0 aliphatic rings. The summed E-state index contributed by atoms with van der Waals surface area (Å²) in [5.74, 6) is 0.303. The summed E-state index contributed by atoms with van der Waals surface area (Å²) in [6, 6.07) is 13.1. The number of benzene rings is 2. The molecule has 2 aromatic carbocycles. The van der Waals surface area contributed by atoms with Crippen molar-refractivity contribution in [1.82, 2.24) is 9.97 Å². The zero-order valence-electron chi connectivity index (χ0n) is 11.4. The molecule has 0 bridgehead atoms. The number of fused-ring (bicyclic) bond motifs is 1. The number of carbonyl (C=O) groups excluding carboxylic acids is 1. The van der Waals surface area contributed by atoms with E-state index < -0.39 is 0 Å². The molecule has 0 unspecified atom stereocenters. The summed E-state index contributed by atoms with van der Waals surface area (Å²) in [5, 5.41) is 2.78. The Kier molecular flexibility index (Phi) is 2.99. The van der Waals surface area contributed by atoms with Gasteiger partial charge in [-0.05, 0) is 49.2 Å². The molecular formula is C16H15N3O. The Hall–Kier alpha value is -2.62. The van der Waals surface area contributed by atoms with Crippen LogP contribution in [0.25, 0.3) is 11.0 Å². The Balaban J connectivity index is 1.90. The van der Waals surface area contributed by atoms with Gasteiger partial charge in [-0.2, -0.15) is 0 Å². The van der Waals surface area contributed by atoms with Crippen LogP contribution in [0, 0.1) is 13.8 Å². The smallest absolute Gasteiger partial charge is 0.257 e. The largest absolute Gasteiger partial charge is 0.324 e. The first-order valence-electron chi connectivity index (χ1n) is 6.47. The standard InChI is InChI=1S/C16H15N3O/c1-10-8-13-14(9-11(10)2)18-16(17-13)19-15(20)12-6-4-3-5-7-12/h3-9H,1-2H3,(H2,17,18,19,20). The van der Waals surface area contributed by atoms with Gasteiger partial charge in [0.25, 0.3) is 5.91 Å². The van der Waals surface area contributed by atoms with Gasteiger partial charge in [-0.15, -0.1) is 0 Å². The minimum absolute atomic E-state index is 0.168. The highest BCUT2D eigenvalue weighted by molar-refractivity contribution is 6.03. The highest BCUT2D eigenvalue weighted by atomic mass is 16.1. The molecule has 0 saturated heterocycles. The maximum Gasteiger partial charge on any atom is 0.257 e. The average Bonchev–Trinajstić information content (AvgIpc) is 2.81. The second kappa shape index (κ2) is 4.81. The van der Waals surface area contributed by atoms with Gasteiger partial charge in [0.05, 0.1) is 11.0 Å². The van der Waals surface area contributed by atoms with Gasteiger partial charge in [-0.3, -0.25) is 10.1 Å². The Morgan fingerprint density at radius 3 is 2.55 bits per heavy atom. The SMILES string of the molecule is Cc1cc2nc(NC(=O)c3ccccc3)[nH]c2cc1C. The summed E-state index contributed by atoms with van der Waals surface area (Å²) >= 11 is 0. The molecule has 0 radical (unpaired) electrons. The van der Waals surface area contributed by atoms with Crippen LogP contribution in [0.15, 0.2) is 42.5 Å². The van der Waals surface area contributed by atoms with Crippen LogP contribution in [0.1, 0.15) is 21.5 Å². The number of hydrogen-bond acceptors (Lipinski definition) is 2. The summed E-state index contributed by atoms with van der Waals surface area (Å²) in [5.41, 5.74) is 4.78. The Labute approximate surface area is 116 Å². The molecular weight excluding hydrogens is 250 g/mol. The predicted molar refractivity (Wildman–Crippen MR) is 80.0 cm³/mol. The minimum Gasteiger partial charge on any atom is -0.324 e. The van der Waals surface area contributed by atoms with Gasteiger partial charge in [-0.1, -0.05) is 18.2 Å². The zero-order valence-corrected chi connectivity index (χ0v) is 11.4. The molecule has 4 nitrogen and oxygen atoms in total. The number of rotatable bonds is 2. The highest BCUT2D eigenvalue weighted by Gasteiger charge is 2.09. The van der Waals surface area contributed by atoms with Gasteiger partial charge in [0.2, 0.25) is 5.95 Å². The number of imidazole rings is 1. The number of carbonyl (C=O) groups is 1. The van der Waals surface area contributed by atoms with Gasteiger partial charge >= 0.3 is 0 Å². The first-order chi connectivity index (χ1) is 9.63. The molecule has 4 heteroatoms. The fourth-order valence-corrected chi connectivity index (χ4v) is 2.10. The minimum atomic E-state index is -0.168. The van der Waals surface area contributed by atoms with Gasteiger partial charge in [-0.25, -0.2) is 4.98 Å². The summed E-state index contributed by atoms with van der Waals surface area (Å²) in [6.07, 6.45) is 0. The van der Waals surface area contributed by atoms with Crippen molar-refractivity contribution in [2.75, 3.05) is 5.32 Å². The molecule has 0 spiro atoms. The number of aromatic amines is 1. The summed E-state index contributed by atoms with van der Waals surface area (Å²) < 4.78 is 0. The van der Waals surface area contributed by atoms with Crippen LogP contribution in [0.3, 0.4) is 0 Å². The summed E-state index contributed by atoms with van der Waals surface area (Å²) in [6.45, 7) is 4.10. The lowest BCUT2D eigenvalue weighted by molar-refractivity contribution is 0.102. The van der Waals surface area contributed by atoms with E-state index in [4.69, 9.17) is 0 Å². The third kappa shape index (κ3) is 2.28. The van der Waals surface area contributed by atoms with Crippen LogP contribution in [-0.4, -0.2) is 15.9 Å². The van der Waals surface area contributed by atoms with Gasteiger partial charge in [0.15, 0.2) is 0 Å². The third-order valence-corrected chi connectivity index (χ3v) is 3.37. The molecule has 100 valence electrons. The maximum absolute atomic E-state index is 12.1. The Bertz CT molecular complexity index is 736. The molecule has 3 rings (SSSR count). The van der Waals surface area contributed by atoms with Crippen LogP contribution in [-0.2, 0) is 0 Å². The third-order valence-electron chi connectivity index (χ3n) is 3.37. The van der Waals surface area contributed by atoms with Crippen molar-refractivity contribution in [3.05, 3.63) is 59.2 Å². The molecule has 1 amide bonds. The van der Waals surface area contributed by atoms with E-state index in [9.17, 15) is 4.79 Å². The average molecular weight is 265 g/mol. The normalized spacial score (nSPS) is 10.7. The van der Waals surface area contributed by atoms with Gasteiger partial charge in [0.1, 0.15) is 0 Å². The van der Waals surface area contributed by atoms with Crippen molar-refractivity contribution in [3.63, 3.8) is 0 Å². The van der Waals surface area contributed by atoms with E-state index in [1.165, 1.54) is 11.1 Å². The van der Waals surface area contributed by atoms with Crippen LogP contribution in [0.2, 0.25) is 0 Å². The zero-order chi connectivity index (χ0) is 14.1. The van der Waals surface area contributed by atoms with E-state index in [0.717, 1.165) is 11.0 Å². The van der Waals surface area contributed by atoms with E-state index in [-0.39, 0.29) is 5.91 Å². The van der Waals surface area contributed by atoms with Gasteiger partial charge < -0.3 is 4.98 Å². The number of aryl methyl sites for hydroxylation is 2. The van der Waals surface area contributed by atoms with Crippen LogP contribution >= 0.6 is 0 Å². The van der Waals surface area contributed by atoms with Crippen molar-refractivity contribution in [2.24, 2.45) is 0 Å². The predicted octanol–water partition coefficient (Wildman–Crippen LogP) is 3.43. The van der Waals surface area contributed by atoms with E-state index in [0.29, 0.717) is 11.5 Å². The topological polar surface area (TPSA) is 57.8 Å². The van der Waals surface area contributed by atoms with Gasteiger partial charge in [0, 0.05) is 5.56 Å². The molecule has 1 heterocycles. The van der Waals surface area contributed by atoms with E-state index in [2.05, 4.69) is 22.2 Å². The molecule has 2 N–H and O–H groups in total. The number of anilines is 1. The molecule has 0 atom stereocenters. The Morgan fingerprint density at radius 1 is 1.10 bits per heavy atom. The highest BCUT2D eigenvalue weighted by Crippen LogP contribution is 2.19. The quantitative estimate of drug-likeness (QED) is 0.745. The molecule has 0 saturated carbocycles. The lowest BCUT2D eigenvalue weighted by atomic mass is 10.1. The summed E-state index contributed by atoms with van der Waals surface area (Å²) in [4.78, 5) is 19.6. The number of hydrogen-bond donors (Lipinski definition) is 2. The molecule has 0 aliphatic heterocycles. The fraction of sp³-hybridized carbons (Fsp3) is 0.125. The number of amides is 1. The summed E-state index contributed by atoms with van der Waals surface area (Å²) in [7, 11) is 0. The number of aromatic nitrogens is 2.